The van der Waals surface area contributed by atoms with Crippen molar-refractivity contribution in [1.82, 2.24) is 0 Å². The molecule has 0 heterocycles. The van der Waals surface area contributed by atoms with Crippen LogP contribution in [0.4, 0.5) is 26.3 Å². The highest BCUT2D eigenvalue weighted by molar-refractivity contribution is 5.76. The van der Waals surface area contributed by atoms with Crippen LogP contribution in [0.3, 0.4) is 0 Å². The minimum Gasteiger partial charge on any atom is -0.462 e. The first-order valence-electron chi connectivity index (χ1n) is 8.97. The highest BCUT2D eigenvalue weighted by atomic mass is 19.4. The average Bonchev–Trinajstić information content (AvgIpc) is 3.04. The molecule has 152 valence electrons. The van der Waals surface area contributed by atoms with E-state index in [0.29, 0.717) is 19.3 Å². The van der Waals surface area contributed by atoms with Crippen molar-refractivity contribution in [2.75, 3.05) is 0 Å². The van der Waals surface area contributed by atoms with Crippen LogP contribution < -0.4 is 0 Å². The van der Waals surface area contributed by atoms with Gasteiger partial charge in [-0.15, -0.1) is 0 Å². The lowest BCUT2D eigenvalue weighted by molar-refractivity contribution is -0.340. The largest absolute Gasteiger partial charge is 0.462 e. The van der Waals surface area contributed by atoms with Gasteiger partial charge in [0.25, 0.3) is 0 Å². The summed E-state index contributed by atoms with van der Waals surface area (Å²) in [7, 11) is 0. The van der Waals surface area contributed by atoms with Crippen molar-refractivity contribution in [1.29, 1.82) is 0 Å². The minimum atomic E-state index is -5.34. The molecule has 0 N–H and O–H groups in total. The van der Waals surface area contributed by atoms with Crippen LogP contribution in [0.5, 0.6) is 0 Å². The van der Waals surface area contributed by atoms with E-state index in [-0.39, 0.29) is 31.1 Å². The van der Waals surface area contributed by atoms with E-state index in [1.807, 2.05) is 6.92 Å². The van der Waals surface area contributed by atoms with E-state index in [1.54, 1.807) is 13.8 Å². The van der Waals surface area contributed by atoms with Gasteiger partial charge in [0, 0.05) is 0 Å². The third kappa shape index (κ3) is 3.70. The molecule has 0 aromatic carbocycles. The van der Waals surface area contributed by atoms with Crippen LogP contribution in [0, 0.1) is 28.6 Å². The van der Waals surface area contributed by atoms with E-state index >= 15 is 0 Å². The highest BCUT2D eigenvalue weighted by Crippen LogP contribution is 2.59. The maximum Gasteiger partial charge on any atom is 0.402 e. The topological polar surface area (TPSA) is 26.3 Å². The van der Waals surface area contributed by atoms with Crippen LogP contribution in [0.25, 0.3) is 0 Å². The van der Waals surface area contributed by atoms with E-state index in [2.05, 4.69) is 0 Å². The zero-order chi connectivity index (χ0) is 20.1. The number of rotatable bonds is 5. The number of esters is 1. The highest BCUT2D eigenvalue weighted by Gasteiger charge is 2.68. The average molecular weight is 388 g/mol. The van der Waals surface area contributed by atoms with Crippen LogP contribution in [-0.4, -0.2) is 24.4 Å². The Hall–Kier alpha value is -0.950. The predicted octanol–water partition coefficient (Wildman–Crippen LogP) is 5.90. The van der Waals surface area contributed by atoms with Crippen LogP contribution >= 0.6 is 0 Å². The Labute approximate surface area is 149 Å². The third-order valence-electron chi connectivity index (χ3n) is 6.56. The Morgan fingerprint density at radius 2 is 1.46 bits per heavy atom. The summed E-state index contributed by atoms with van der Waals surface area (Å²) in [5, 5.41) is 0. The molecule has 2 aliphatic carbocycles. The number of hydrogen-bond donors (Lipinski definition) is 0. The summed E-state index contributed by atoms with van der Waals surface area (Å²) in [4.78, 5) is 12.2. The van der Waals surface area contributed by atoms with Gasteiger partial charge in [0.2, 0.25) is 0 Å². The lowest BCUT2D eigenvalue weighted by Gasteiger charge is -2.38. The number of carbonyl (C=O) groups is 1. The summed E-state index contributed by atoms with van der Waals surface area (Å²) in [5.41, 5.74) is -4.35. The molecule has 0 aromatic rings. The van der Waals surface area contributed by atoms with Gasteiger partial charge in [0.1, 0.15) is 6.10 Å². The molecule has 2 rings (SSSR count). The van der Waals surface area contributed by atoms with Crippen LogP contribution in [-0.2, 0) is 9.53 Å². The zero-order valence-electron chi connectivity index (χ0n) is 15.4. The molecule has 2 fully saturated rings. The van der Waals surface area contributed by atoms with E-state index in [4.69, 9.17) is 4.74 Å². The van der Waals surface area contributed by atoms with Crippen LogP contribution in [0.2, 0.25) is 0 Å². The summed E-state index contributed by atoms with van der Waals surface area (Å²) in [5.74, 6) is -1.41. The number of hydrogen-bond acceptors (Lipinski definition) is 2. The maximum absolute atomic E-state index is 13.1. The van der Waals surface area contributed by atoms with Gasteiger partial charge in [-0.3, -0.25) is 4.79 Å². The number of ether oxygens (including phenoxy) is 1. The van der Waals surface area contributed by atoms with Crippen molar-refractivity contribution in [3.63, 3.8) is 0 Å². The van der Waals surface area contributed by atoms with Crippen molar-refractivity contribution in [3.8, 4) is 0 Å². The molecule has 4 unspecified atom stereocenters. The fourth-order valence-corrected chi connectivity index (χ4v) is 4.09. The molecule has 2 bridgehead atoms. The van der Waals surface area contributed by atoms with Gasteiger partial charge in [-0.25, -0.2) is 0 Å². The first-order chi connectivity index (χ1) is 11.6. The fraction of sp³-hybridized carbons (Fsp3) is 0.944. The zero-order valence-corrected chi connectivity index (χ0v) is 15.4. The molecule has 2 nitrogen and oxygen atoms in total. The lowest BCUT2D eigenvalue weighted by atomic mass is 9.73. The number of alkyl halides is 6. The summed E-state index contributed by atoms with van der Waals surface area (Å²) in [6.07, 6.45) is -10.3. The molecule has 0 aromatic heterocycles. The summed E-state index contributed by atoms with van der Waals surface area (Å²) < 4.78 is 84.3. The van der Waals surface area contributed by atoms with Crippen molar-refractivity contribution >= 4 is 5.97 Å². The normalized spacial score (nSPS) is 29.9. The molecular weight excluding hydrogens is 362 g/mol. The van der Waals surface area contributed by atoms with Gasteiger partial charge in [-0.05, 0) is 70.6 Å². The Balaban J connectivity index is 2.03. The smallest absolute Gasteiger partial charge is 0.402 e. The molecule has 0 aliphatic heterocycles. The van der Waals surface area contributed by atoms with E-state index in [1.165, 1.54) is 0 Å². The van der Waals surface area contributed by atoms with Crippen molar-refractivity contribution in [2.45, 2.75) is 78.3 Å². The first-order valence-corrected chi connectivity index (χ1v) is 8.97. The van der Waals surface area contributed by atoms with E-state index < -0.39 is 41.6 Å². The van der Waals surface area contributed by atoms with E-state index in [9.17, 15) is 31.1 Å². The standard InChI is InChI=1S/C18H26F6O2/c1-5-15(2,3)14(25)26-13-8-10-6-11(13)7-12(10)9-16(4,17(19,20)21)18(22,23)24/h10-13H,5-9H2,1-4H3. The Morgan fingerprint density at radius 1 is 0.923 bits per heavy atom. The van der Waals surface area contributed by atoms with Gasteiger partial charge in [-0.2, -0.15) is 26.3 Å². The molecule has 2 aliphatic rings. The molecule has 8 heteroatoms. The second-order valence-electron chi connectivity index (χ2n) is 8.70. The van der Waals surface area contributed by atoms with Gasteiger partial charge >= 0.3 is 18.3 Å². The SMILES string of the molecule is CCC(C)(C)C(=O)OC1CC2CC1CC2CC(C)(C(F)(F)F)C(F)(F)F. The van der Waals surface area contributed by atoms with Crippen LogP contribution in [0.15, 0.2) is 0 Å². The summed E-state index contributed by atoms with van der Waals surface area (Å²) in [6.45, 7) is 5.61. The van der Waals surface area contributed by atoms with Gasteiger partial charge < -0.3 is 4.74 Å². The second kappa shape index (κ2) is 6.59. The molecular formula is C18H26F6O2. The molecule has 4 atom stereocenters. The number of fused-ring (bicyclic) bond motifs is 2. The monoisotopic (exact) mass is 388 g/mol. The van der Waals surface area contributed by atoms with Crippen molar-refractivity contribution < 1.29 is 35.9 Å². The molecule has 0 amide bonds. The lowest BCUT2D eigenvalue weighted by Crippen LogP contribution is -2.49. The molecule has 26 heavy (non-hydrogen) atoms. The third-order valence-corrected chi connectivity index (χ3v) is 6.56. The summed E-state index contributed by atoms with van der Waals surface area (Å²) in [6, 6.07) is 0. The van der Waals surface area contributed by atoms with Gasteiger partial charge in [0.05, 0.1) is 5.41 Å². The van der Waals surface area contributed by atoms with Gasteiger partial charge in [0.15, 0.2) is 5.41 Å². The molecule has 0 radical (unpaired) electrons. The maximum atomic E-state index is 13.1. The second-order valence-corrected chi connectivity index (χ2v) is 8.70. The van der Waals surface area contributed by atoms with Crippen molar-refractivity contribution in [3.05, 3.63) is 0 Å². The number of carbonyl (C=O) groups excluding carboxylic acids is 1. The van der Waals surface area contributed by atoms with Crippen molar-refractivity contribution in [2.24, 2.45) is 28.6 Å². The fourth-order valence-electron chi connectivity index (χ4n) is 4.09. The quantitative estimate of drug-likeness (QED) is 0.433. The Morgan fingerprint density at radius 3 is 1.85 bits per heavy atom. The van der Waals surface area contributed by atoms with E-state index in [0.717, 1.165) is 0 Å². The van der Waals surface area contributed by atoms with Gasteiger partial charge in [-0.1, -0.05) is 6.92 Å². The molecule has 0 saturated heterocycles. The Kier molecular flexibility index (Phi) is 5.41. The van der Waals surface area contributed by atoms with Crippen LogP contribution in [0.1, 0.15) is 59.8 Å². The molecule has 2 saturated carbocycles. The minimum absolute atomic E-state index is 0.146. The molecule has 0 spiro atoms. The number of halogens is 6. The first kappa shape index (κ1) is 21.4. The Bertz CT molecular complexity index is 523. The summed E-state index contributed by atoms with van der Waals surface area (Å²) >= 11 is 0. The predicted molar refractivity (Wildman–Crippen MR) is 83.1 cm³/mol.